The summed E-state index contributed by atoms with van der Waals surface area (Å²) in [5.41, 5.74) is -0.332. The van der Waals surface area contributed by atoms with Crippen LogP contribution < -0.4 is 5.32 Å². The van der Waals surface area contributed by atoms with Gasteiger partial charge in [-0.05, 0) is 22.0 Å². The predicted molar refractivity (Wildman–Crippen MR) is 54.6 cm³/mol. The van der Waals surface area contributed by atoms with E-state index in [0.717, 1.165) is 6.07 Å². The number of hydrogen-bond donors (Lipinski definition) is 2. The molecule has 2 nitrogen and oxygen atoms in total. The number of rotatable bonds is 3. The number of aliphatic hydroxyl groups is 1. The first-order valence-electron chi connectivity index (χ1n) is 4.35. The molecule has 96 valence electrons. The third-order valence-electron chi connectivity index (χ3n) is 1.87. The van der Waals surface area contributed by atoms with Crippen LogP contribution in [0.15, 0.2) is 16.6 Å². The van der Waals surface area contributed by atoms with Gasteiger partial charge in [0.05, 0.1) is 10.2 Å². The second-order valence-corrected chi connectivity index (χ2v) is 4.04. The van der Waals surface area contributed by atoms with E-state index in [0.29, 0.717) is 6.07 Å². The van der Waals surface area contributed by atoms with Crippen LogP contribution in [0.2, 0.25) is 0 Å². The Morgan fingerprint density at radius 2 is 1.82 bits per heavy atom. The monoisotopic (exact) mass is 319 g/mol. The van der Waals surface area contributed by atoms with Crippen LogP contribution in [-0.4, -0.2) is 23.9 Å². The lowest BCUT2D eigenvalue weighted by Gasteiger charge is -2.16. The molecule has 0 aromatic heterocycles. The van der Waals surface area contributed by atoms with Crippen molar-refractivity contribution in [1.82, 2.24) is 0 Å². The van der Waals surface area contributed by atoms with Gasteiger partial charge in [0.2, 0.25) is 0 Å². The molecule has 0 aliphatic rings. The smallest absolute Gasteiger partial charge is 0.382 e. The van der Waals surface area contributed by atoms with Crippen LogP contribution in [0.4, 0.5) is 27.6 Å². The van der Waals surface area contributed by atoms with Crippen molar-refractivity contribution in [3.05, 3.63) is 28.2 Å². The molecule has 8 heteroatoms. The van der Waals surface area contributed by atoms with Crippen molar-refractivity contribution in [1.29, 1.82) is 0 Å². The highest BCUT2D eigenvalue weighted by Crippen LogP contribution is 2.25. The van der Waals surface area contributed by atoms with Crippen molar-refractivity contribution in [2.24, 2.45) is 0 Å². The van der Waals surface area contributed by atoms with Crippen molar-refractivity contribution < 1.29 is 27.1 Å². The standard InChI is InChI=1S/C9H7BrF5NO/c10-4-1-7(6(12)2-5(4)11)16-3-8(17)9(13,14)15/h1-2,8,16-17H,3H2. The van der Waals surface area contributed by atoms with Gasteiger partial charge in [-0.15, -0.1) is 0 Å². The molecule has 0 fully saturated rings. The first-order valence-corrected chi connectivity index (χ1v) is 5.14. The molecule has 0 aliphatic carbocycles. The van der Waals surface area contributed by atoms with Gasteiger partial charge in [0.25, 0.3) is 0 Å². The van der Waals surface area contributed by atoms with E-state index in [-0.39, 0.29) is 10.2 Å². The zero-order valence-electron chi connectivity index (χ0n) is 8.15. The first kappa shape index (κ1) is 14.2. The minimum absolute atomic E-state index is 0.0945. The molecule has 1 aromatic rings. The Hall–Kier alpha value is -0.890. The van der Waals surface area contributed by atoms with Crippen LogP contribution in [0.1, 0.15) is 0 Å². The minimum atomic E-state index is -4.79. The molecule has 1 unspecified atom stereocenters. The Kier molecular flexibility index (Phi) is 4.31. The zero-order valence-corrected chi connectivity index (χ0v) is 9.74. The lowest BCUT2D eigenvalue weighted by Crippen LogP contribution is -2.35. The Morgan fingerprint density at radius 1 is 1.24 bits per heavy atom. The summed E-state index contributed by atoms with van der Waals surface area (Å²) in [7, 11) is 0. The van der Waals surface area contributed by atoms with E-state index in [2.05, 4.69) is 15.9 Å². The molecule has 0 saturated carbocycles. The van der Waals surface area contributed by atoms with E-state index >= 15 is 0 Å². The van der Waals surface area contributed by atoms with Gasteiger partial charge in [-0.3, -0.25) is 0 Å². The highest BCUT2D eigenvalue weighted by atomic mass is 79.9. The Labute approximate surface area is 102 Å². The number of anilines is 1. The minimum Gasteiger partial charge on any atom is -0.382 e. The molecule has 0 heterocycles. The molecule has 0 spiro atoms. The van der Waals surface area contributed by atoms with Crippen molar-refractivity contribution in [3.63, 3.8) is 0 Å². The quantitative estimate of drug-likeness (QED) is 0.663. The van der Waals surface area contributed by atoms with Crippen LogP contribution in [0.3, 0.4) is 0 Å². The average molecular weight is 320 g/mol. The molecule has 0 aliphatic heterocycles. The maximum Gasteiger partial charge on any atom is 0.416 e. The Morgan fingerprint density at radius 3 is 2.35 bits per heavy atom. The fourth-order valence-corrected chi connectivity index (χ4v) is 1.32. The van der Waals surface area contributed by atoms with Gasteiger partial charge >= 0.3 is 6.18 Å². The van der Waals surface area contributed by atoms with Crippen LogP contribution in [0, 0.1) is 11.6 Å². The average Bonchev–Trinajstić information content (AvgIpc) is 2.19. The number of hydrogen-bond acceptors (Lipinski definition) is 2. The largest absolute Gasteiger partial charge is 0.416 e. The Bertz CT molecular complexity index is 409. The van der Waals surface area contributed by atoms with E-state index in [1.807, 2.05) is 5.32 Å². The lowest BCUT2D eigenvalue weighted by molar-refractivity contribution is -0.198. The van der Waals surface area contributed by atoms with Crippen molar-refractivity contribution in [3.8, 4) is 0 Å². The van der Waals surface area contributed by atoms with Crippen LogP contribution in [0.5, 0.6) is 0 Å². The molecular formula is C9H7BrF5NO. The van der Waals surface area contributed by atoms with Gasteiger partial charge in [0.15, 0.2) is 6.10 Å². The van der Waals surface area contributed by atoms with E-state index in [1.165, 1.54) is 0 Å². The summed E-state index contributed by atoms with van der Waals surface area (Å²) in [6, 6.07) is 1.47. The van der Waals surface area contributed by atoms with E-state index in [1.54, 1.807) is 0 Å². The molecule has 17 heavy (non-hydrogen) atoms. The van der Waals surface area contributed by atoms with Gasteiger partial charge in [0.1, 0.15) is 11.6 Å². The summed E-state index contributed by atoms with van der Waals surface area (Å²) in [5, 5.41) is 10.7. The summed E-state index contributed by atoms with van der Waals surface area (Å²) >= 11 is 2.76. The second kappa shape index (κ2) is 5.18. The summed E-state index contributed by atoms with van der Waals surface area (Å²) in [4.78, 5) is 0. The fraction of sp³-hybridized carbons (Fsp3) is 0.333. The first-order chi connectivity index (χ1) is 7.71. The van der Waals surface area contributed by atoms with Crippen molar-refractivity contribution in [2.75, 3.05) is 11.9 Å². The van der Waals surface area contributed by atoms with E-state index in [9.17, 15) is 22.0 Å². The summed E-state index contributed by atoms with van der Waals surface area (Å²) in [6.45, 7) is -0.918. The molecule has 0 amide bonds. The summed E-state index contributed by atoms with van der Waals surface area (Å²) in [5.74, 6) is -1.91. The number of nitrogens with one attached hydrogen (secondary N) is 1. The topological polar surface area (TPSA) is 32.3 Å². The SMILES string of the molecule is OC(CNc1cc(Br)c(F)cc1F)C(F)(F)F. The van der Waals surface area contributed by atoms with Gasteiger partial charge in [-0.2, -0.15) is 13.2 Å². The number of aliphatic hydroxyl groups excluding tert-OH is 1. The number of halogens is 6. The van der Waals surface area contributed by atoms with Crippen molar-refractivity contribution >= 4 is 21.6 Å². The summed E-state index contributed by atoms with van der Waals surface area (Å²) in [6.07, 6.45) is -7.41. The molecular weight excluding hydrogens is 313 g/mol. The molecule has 1 atom stereocenters. The highest BCUT2D eigenvalue weighted by molar-refractivity contribution is 9.10. The maximum absolute atomic E-state index is 13.1. The molecule has 2 N–H and O–H groups in total. The van der Waals surface area contributed by atoms with E-state index < -0.39 is 30.5 Å². The van der Waals surface area contributed by atoms with E-state index in [4.69, 9.17) is 5.11 Å². The number of alkyl halides is 3. The fourth-order valence-electron chi connectivity index (χ4n) is 0.980. The third-order valence-corrected chi connectivity index (χ3v) is 2.48. The van der Waals surface area contributed by atoms with Crippen LogP contribution in [-0.2, 0) is 0 Å². The zero-order chi connectivity index (χ0) is 13.2. The van der Waals surface area contributed by atoms with Crippen molar-refractivity contribution in [2.45, 2.75) is 12.3 Å². The van der Waals surface area contributed by atoms with Gasteiger partial charge in [-0.25, -0.2) is 8.78 Å². The van der Waals surface area contributed by atoms with Gasteiger partial charge < -0.3 is 10.4 Å². The number of benzene rings is 1. The van der Waals surface area contributed by atoms with Gasteiger partial charge in [0, 0.05) is 12.6 Å². The normalized spacial score (nSPS) is 13.6. The summed E-state index contributed by atoms with van der Waals surface area (Å²) < 4.78 is 61.6. The highest BCUT2D eigenvalue weighted by Gasteiger charge is 2.37. The molecule has 0 radical (unpaired) electrons. The maximum atomic E-state index is 13.1. The lowest BCUT2D eigenvalue weighted by atomic mass is 10.2. The molecule has 0 bridgehead atoms. The predicted octanol–water partition coefficient (Wildman–Crippen LogP) is 3.06. The molecule has 1 aromatic carbocycles. The third kappa shape index (κ3) is 3.81. The van der Waals surface area contributed by atoms with Gasteiger partial charge in [-0.1, -0.05) is 0 Å². The van der Waals surface area contributed by atoms with Crippen LogP contribution in [0.25, 0.3) is 0 Å². The second-order valence-electron chi connectivity index (χ2n) is 3.18. The Balaban J connectivity index is 2.73. The molecule has 1 rings (SSSR count). The molecule has 0 saturated heterocycles. The van der Waals surface area contributed by atoms with Crippen LogP contribution >= 0.6 is 15.9 Å².